The lowest BCUT2D eigenvalue weighted by molar-refractivity contribution is 0.881. The molecule has 0 aromatic carbocycles. The summed E-state index contributed by atoms with van der Waals surface area (Å²) in [7, 11) is 0. The van der Waals surface area contributed by atoms with Crippen molar-refractivity contribution in [1.29, 1.82) is 0 Å². The molecule has 0 aliphatic rings. The summed E-state index contributed by atoms with van der Waals surface area (Å²) in [6.07, 6.45) is 0. The van der Waals surface area contributed by atoms with Crippen LogP contribution in [0.3, 0.4) is 0 Å². The highest BCUT2D eigenvalue weighted by Crippen LogP contribution is 1.99. The van der Waals surface area contributed by atoms with Crippen LogP contribution in [0.5, 0.6) is 0 Å². The molecule has 10 heteroatoms. The second-order valence-corrected chi connectivity index (χ2v) is 1.60. The van der Waals surface area contributed by atoms with Crippen LogP contribution in [0.25, 0.3) is 0 Å². The minimum absolute atomic E-state index is 0. The largest absolute Gasteiger partial charge is 0.344 e. The number of nitrogens with zero attached hydrogens (tertiary/aromatic N) is 6. The molecule has 2 aromatic heterocycles. The molecule has 0 bridgehead atoms. The van der Waals surface area contributed by atoms with Crippen LogP contribution in [-0.2, 0) is 0 Å². The van der Waals surface area contributed by atoms with Gasteiger partial charge >= 0.3 is 0 Å². The van der Waals surface area contributed by atoms with Gasteiger partial charge in [0.1, 0.15) is 0 Å². The second kappa shape index (κ2) is 3.34. The van der Waals surface area contributed by atoms with Crippen LogP contribution in [0.1, 0.15) is 0 Å². The van der Waals surface area contributed by atoms with Crippen molar-refractivity contribution in [2.75, 3.05) is 5.32 Å². The monoisotopic (exact) mass is 170 g/mol. The normalized spacial score (nSPS) is 9.00. The first-order valence-corrected chi connectivity index (χ1v) is 2.69. The maximum absolute atomic E-state index is 3.61. The molecule has 0 radical (unpaired) electrons. The van der Waals surface area contributed by atoms with Gasteiger partial charge in [0.25, 0.3) is 11.9 Å². The van der Waals surface area contributed by atoms with Crippen LogP contribution < -0.4 is 11.5 Å². The van der Waals surface area contributed by atoms with E-state index in [9.17, 15) is 0 Å². The van der Waals surface area contributed by atoms with E-state index in [4.69, 9.17) is 0 Å². The number of tetrazole rings is 2. The minimum atomic E-state index is 0. The van der Waals surface area contributed by atoms with E-state index in [1.165, 1.54) is 0 Å². The van der Waals surface area contributed by atoms with Crippen molar-refractivity contribution in [2.24, 2.45) is 0 Å². The molecule has 0 aliphatic carbocycles. The predicted octanol–water partition coefficient (Wildman–Crippen LogP) is -1.38. The number of hydrogen-bond donors (Lipinski definition) is 4. The van der Waals surface area contributed by atoms with Crippen LogP contribution in [0.4, 0.5) is 11.9 Å². The van der Waals surface area contributed by atoms with Gasteiger partial charge in [-0.1, -0.05) is 10.2 Å². The SMILES string of the molecule is N.n1nc(Nc2nn[nH]n2)n[nH]1. The molecule has 0 spiro atoms. The van der Waals surface area contributed by atoms with E-state index in [2.05, 4.69) is 46.6 Å². The Balaban J connectivity index is 0.000000720. The third-order valence-electron chi connectivity index (χ3n) is 0.914. The number of anilines is 2. The minimum Gasteiger partial charge on any atom is -0.344 e. The molecule has 0 aliphatic heterocycles. The zero-order valence-corrected chi connectivity index (χ0v) is 5.89. The predicted molar refractivity (Wildman–Crippen MR) is 36.7 cm³/mol. The lowest BCUT2D eigenvalue weighted by atomic mass is 10.9. The van der Waals surface area contributed by atoms with Gasteiger partial charge in [0.05, 0.1) is 0 Å². The van der Waals surface area contributed by atoms with Gasteiger partial charge in [-0.15, -0.1) is 10.2 Å². The van der Waals surface area contributed by atoms with Crippen molar-refractivity contribution in [2.45, 2.75) is 0 Å². The Bertz CT molecular complexity index is 260. The quantitative estimate of drug-likeness (QED) is 0.429. The van der Waals surface area contributed by atoms with Gasteiger partial charge in [-0.05, 0) is 10.4 Å². The van der Waals surface area contributed by atoms with Crippen LogP contribution in [0.15, 0.2) is 0 Å². The summed E-state index contributed by atoms with van der Waals surface area (Å²) in [5.74, 6) is 0.595. The molecule has 0 amide bonds. The second-order valence-electron chi connectivity index (χ2n) is 1.60. The smallest absolute Gasteiger partial charge is 0.270 e. The van der Waals surface area contributed by atoms with Gasteiger partial charge in [0.15, 0.2) is 0 Å². The number of aromatic amines is 2. The fraction of sp³-hybridized carbons (Fsp3) is 0. The van der Waals surface area contributed by atoms with Crippen molar-refractivity contribution < 1.29 is 0 Å². The Labute approximate surface area is 65.7 Å². The van der Waals surface area contributed by atoms with Gasteiger partial charge in [-0.25, -0.2) is 0 Å². The van der Waals surface area contributed by atoms with E-state index in [0.29, 0.717) is 11.9 Å². The van der Waals surface area contributed by atoms with E-state index in [-0.39, 0.29) is 6.15 Å². The van der Waals surface area contributed by atoms with Crippen molar-refractivity contribution in [3.8, 4) is 0 Å². The molecule has 64 valence electrons. The number of rotatable bonds is 2. The zero-order valence-electron chi connectivity index (χ0n) is 5.89. The standard InChI is InChI=1S/C2H3N9.H3N/c3(1-4-8-9-5-1)2-6-10-11-7-2;/h(H3,3,4,5,6,7,8,9,10,11);1H3. The third-order valence-corrected chi connectivity index (χ3v) is 0.914. The third kappa shape index (κ3) is 1.49. The number of hydrogen-bond acceptors (Lipinski definition) is 8. The Kier molecular flexibility index (Phi) is 2.23. The molecular weight excluding hydrogens is 164 g/mol. The molecule has 12 heavy (non-hydrogen) atoms. The molecule has 0 saturated carbocycles. The maximum atomic E-state index is 3.61. The van der Waals surface area contributed by atoms with Crippen LogP contribution in [-0.4, -0.2) is 41.2 Å². The molecular formula is C2H6N10. The molecule has 2 aromatic rings. The Morgan fingerprint density at radius 3 is 1.75 bits per heavy atom. The van der Waals surface area contributed by atoms with E-state index >= 15 is 0 Å². The highest BCUT2D eigenvalue weighted by molar-refractivity contribution is 5.38. The maximum Gasteiger partial charge on any atom is 0.270 e. The summed E-state index contributed by atoms with van der Waals surface area (Å²) in [4.78, 5) is 0. The van der Waals surface area contributed by atoms with Crippen molar-refractivity contribution in [1.82, 2.24) is 47.4 Å². The molecule has 0 unspecified atom stereocenters. The van der Waals surface area contributed by atoms with Crippen LogP contribution in [0.2, 0.25) is 0 Å². The summed E-state index contributed by atoms with van der Waals surface area (Å²) in [5, 5.41) is 28.2. The number of H-pyrrole nitrogens is 2. The van der Waals surface area contributed by atoms with Crippen LogP contribution in [0, 0.1) is 0 Å². The molecule has 2 rings (SSSR count). The van der Waals surface area contributed by atoms with Gasteiger partial charge in [-0.2, -0.15) is 10.4 Å². The summed E-state index contributed by atoms with van der Waals surface area (Å²) < 4.78 is 0. The van der Waals surface area contributed by atoms with E-state index < -0.39 is 0 Å². The topological polar surface area (TPSA) is 156 Å². The summed E-state index contributed by atoms with van der Waals surface area (Å²) in [5.41, 5.74) is 0. The van der Waals surface area contributed by atoms with Gasteiger partial charge in [0.2, 0.25) is 0 Å². The lowest BCUT2D eigenvalue weighted by Gasteiger charge is -1.87. The summed E-state index contributed by atoms with van der Waals surface area (Å²) in [6.45, 7) is 0. The summed E-state index contributed by atoms with van der Waals surface area (Å²) in [6, 6.07) is 0. The highest BCUT2D eigenvalue weighted by atomic mass is 15.5. The fourth-order valence-electron chi connectivity index (χ4n) is 0.530. The van der Waals surface area contributed by atoms with E-state index in [0.717, 1.165) is 0 Å². The highest BCUT2D eigenvalue weighted by Gasteiger charge is 2.00. The lowest BCUT2D eigenvalue weighted by Crippen LogP contribution is -1.94. The Morgan fingerprint density at radius 2 is 1.42 bits per heavy atom. The summed E-state index contributed by atoms with van der Waals surface area (Å²) >= 11 is 0. The number of nitrogens with one attached hydrogen (secondary N) is 3. The average Bonchev–Trinajstić information content (AvgIpc) is 2.60. The van der Waals surface area contributed by atoms with E-state index in [1.54, 1.807) is 0 Å². The van der Waals surface area contributed by atoms with Gasteiger partial charge in [0, 0.05) is 0 Å². The molecule has 0 fully saturated rings. The first kappa shape index (κ1) is 8.00. The first-order valence-electron chi connectivity index (χ1n) is 2.69. The molecule has 6 N–H and O–H groups in total. The average molecular weight is 170 g/mol. The zero-order chi connectivity index (χ0) is 7.52. The molecule has 0 atom stereocenters. The van der Waals surface area contributed by atoms with Gasteiger partial charge in [-0.3, -0.25) is 5.32 Å². The fourth-order valence-corrected chi connectivity index (χ4v) is 0.530. The van der Waals surface area contributed by atoms with Crippen molar-refractivity contribution >= 4 is 11.9 Å². The van der Waals surface area contributed by atoms with Crippen LogP contribution >= 0.6 is 0 Å². The molecule has 2 heterocycles. The van der Waals surface area contributed by atoms with E-state index in [1.807, 2.05) is 0 Å². The van der Waals surface area contributed by atoms with Crippen molar-refractivity contribution in [3.63, 3.8) is 0 Å². The Morgan fingerprint density at radius 1 is 0.917 bits per heavy atom. The van der Waals surface area contributed by atoms with Gasteiger partial charge < -0.3 is 6.15 Å². The first-order chi connectivity index (χ1) is 5.45. The number of aromatic nitrogens is 8. The van der Waals surface area contributed by atoms with Crippen molar-refractivity contribution in [3.05, 3.63) is 0 Å². The Hall–Kier alpha value is -2.10. The molecule has 10 nitrogen and oxygen atoms in total. The molecule has 0 saturated heterocycles.